The number of piperidine rings is 1. The van der Waals surface area contributed by atoms with Crippen LogP contribution in [0.3, 0.4) is 0 Å². The summed E-state index contributed by atoms with van der Waals surface area (Å²) in [5.41, 5.74) is 5.09. The maximum Gasteiger partial charge on any atom is 0.223 e. The highest BCUT2D eigenvalue weighted by atomic mass is 16.1. The molecule has 1 saturated heterocycles. The molecule has 1 aromatic carbocycles. The van der Waals surface area contributed by atoms with Gasteiger partial charge in [-0.1, -0.05) is 31.5 Å². The van der Waals surface area contributed by atoms with Crippen molar-refractivity contribution in [2.75, 3.05) is 44.2 Å². The number of rotatable bonds is 9. The highest BCUT2D eigenvalue weighted by molar-refractivity contribution is 5.92. The van der Waals surface area contributed by atoms with E-state index in [1.807, 2.05) is 11.6 Å². The molecule has 0 aliphatic carbocycles. The molecule has 3 heterocycles. The minimum absolute atomic E-state index is 0.0560. The predicted molar refractivity (Wildman–Crippen MR) is 141 cm³/mol. The van der Waals surface area contributed by atoms with Crippen molar-refractivity contribution < 1.29 is 4.79 Å². The Morgan fingerprint density at radius 3 is 2.40 bits per heavy atom. The molecule has 0 saturated carbocycles. The first-order valence-corrected chi connectivity index (χ1v) is 13.0. The quantitative estimate of drug-likeness (QED) is 0.472. The lowest BCUT2D eigenvalue weighted by molar-refractivity contribution is -0.125. The van der Waals surface area contributed by atoms with Gasteiger partial charge in [-0.2, -0.15) is 10.2 Å². The summed E-state index contributed by atoms with van der Waals surface area (Å²) in [6, 6.07) is 8.39. The minimum Gasteiger partial charge on any atom is -0.356 e. The maximum absolute atomic E-state index is 12.7. The Kier molecular flexibility index (Phi) is 8.00. The molecule has 8 nitrogen and oxygen atoms in total. The number of nitrogens with zero attached hydrogens (tertiary/aromatic N) is 6. The average molecular weight is 478 g/mol. The molecule has 3 aromatic rings. The van der Waals surface area contributed by atoms with E-state index in [0.717, 1.165) is 92.3 Å². The molecule has 1 aliphatic rings. The molecule has 0 radical (unpaired) electrons. The zero-order valence-corrected chi connectivity index (χ0v) is 21.8. The second kappa shape index (κ2) is 11.2. The van der Waals surface area contributed by atoms with Crippen LogP contribution in [0.4, 0.5) is 5.82 Å². The normalized spacial score (nSPS) is 14.7. The molecule has 0 spiro atoms. The topological polar surface area (TPSA) is 79.2 Å². The van der Waals surface area contributed by atoms with E-state index in [9.17, 15) is 4.79 Å². The zero-order chi connectivity index (χ0) is 24.9. The minimum atomic E-state index is 0.0560. The molecule has 1 amide bonds. The number of aromatic nitrogens is 4. The van der Waals surface area contributed by atoms with Gasteiger partial charge in [0.25, 0.3) is 0 Å². The molecule has 0 bridgehead atoms. The van der Waals surface area contributed by atoms with Crippen molar-refractivity contribution in [3.63, 3.8) is 0 Å². The molecule has 1 fully saturated rings. The second-order valence-corrected chi connectivity index (χ2v) is 9.60. The standard InChI is InChI=1S/C27H39N7O/c1-6-32(7-2)16-8-15-28-27(35)22-13-17-33(18-14-22)26-25-24(20(4)29-30-26)21(5)34(31-25)23-11-9-19(3)10-12-23/h9-12,22H,6-8,13-18H2,1-5H3,(H,28,35). The first-order valence-electron chi connectivity index (χ1n) is 13.0. The van der Waals surface area contributed by atoms with E-state index in [0.29, 0.717) is 0 Å². The van der Waals surface area contributed by atoms with Gasteiger partial charge in [-0.25, -0.2) is 4.68 Å². The van der Waals surface area contributed by atoms with Gasteiger partial charge >= 0.3 is 0 Å². The molecule has 0 atom stereocenters. The second-order valence-electron chi connectivity index (χ2n) is 9.60. The van der Waals surface area contributed by atoms with Crippen LogP contribution < -0.4 is 10.2 Å². The lowest BCUT2D eigenvalue weighted by Gasteiger charge is -2.32. The van der Waals surface area contributed by atoms with Crippen LogP contribution in [0.15, 0.2) is 24.3 Å². The fourth-order valence-electron chi connectivity index (χ4n) is 5.01. The van der Waals surface area contributed by atoms with Crippen LogP contribution in [0.5, 0.6) is 0 Å². The molecule has 1 N–H and O–H groups in total. The first-order chi connectivity index (χ1) is 16.9. The lowest BCUT2D eigenvalue weighted by Crippen LogP contribution is -2.41. The fourth-order valence-corrected chi connectivity index (χ4v) is 5.01. The number of nitrogens with one attached hydrogen (secondary N) is 1. The summed E-state index contributed by atoms with van der Waals surface area (Å²) < 4.78 is 1.99. The number of carbonyl (C=O) groups excluding carboxylic acids is 1. The number of anilines is 1. The average Bonchev–Trinajstić information content (AvgIpc) is 3.23. The number of amides is 1. The fraction of sp³-hybridized carbons (Fsp3) is 0.556. The van der Waals surface area contributed by atoms with E-state index in [1.165, 1.54) is 5.56 Å². The monoisotopic (exact) mass is 477 g/mol. The van der Waals surface area contributed by atoms with Gasteiger partial charge in [-0.15, -0.1) is 5.10 Å². The molecular formula is C27H39N7O. The molecule has 35 heavy (non-hydrogen) atoms. The third-order valence-corrected chi connectivity index (χ3v) is 7.27. The predicted octanol–water partition coefficient (Wildman–Crippen LogP) is 3.81. The summed E-state index contributed by atoms with van der Waals surface area (Å²) in [5, 5.41) is 18.2. The summed E-state index contributed by atoms with van der Waals surface area (Å²) in [4.78, 5) is 17.3. The largest absolute Gasteiger partial charge is 0.356 e. The molecule has 8 heteroatoms. The van der Waals surface area contributed by atoms with Crippen molar-refractivity contribution in [1.29, 1.82) is 0 Å². The summed E-state index contributed by atoms with van der Waals surface area (Å²) in [6.07, 6.45) is 2.62. The van der Waals surface area contributed by atoms with Crippen LogP contribution >= 0.6 is 0 Å². The highest BCUT2D eigenvalue weighted by Crippen LogP contribution is 2.31. The highest BCUT2D eigenvalue weighted by Gasteiger charge is 2.28. The van der Waals surface area contributed by atoms with E-state index in [1.54, 1.807) is 0 Å². The number of hydrogen-bond donors (Lipinski definition) is 1. The van der Waals surface area contributed by atoms with Gasteiger partial charge in [-0.3, -0.25) is 4.79 Å². The van der Waals surface area contributed by atoms with Crippen molar-refractivity contribution in [1.82, 2.24) is 30.2 Å². The smallest absolute Gasteiger partial charge is 0.223 e. The van der Waals surface area contributed by atoms with Crippen molar-refractivity contribution in [2.24, 2.45) is 5.92 Å². The SMILES string of the molecule is CCN(CC)CCCNC(=O)C1CCN(c2nnc(C)c3c(C)n(-c4ccc(C)cc4)nc23)CC1. The summed E-state index contributed by atoms with van der Waals surface area (Å²) in [6.45, 7) is 16.0. The van der Waals surface area contributed by atoms with Gasteiger partial charge in [0.1, 0.15) is 5.52 Å². The Morgan fingerprint density at radius 1 is 1.06 bits per heavy atom. The van der Waals surface area contributed by atoms with E-state index in [4.69, 9.17) is 5.10 Å². The van der Waals surface area contributed by atoms with Gasteiger partial charge in [-0.05, 0) is 71.8 Å². The van der Waals surface area contributed by atoms with E-state index < -0.39 is 0 Å². The van der Waals surface area contributed by atoms with Crippen LogP contribution in [0.1, 0.15) is 50.1 Å². The molecule has 2 aromatic heterocycles. The third-order valence-electron chi connectivity index (χ3n) is 7.27. The van der Waals surface area contributed by atoms with E-state index in [-0.39, 0.29) is 11.8 Å². The summed E-state index contributed by atoms with van der Waals surface area (Å²) in [5.74, 6) is 1.06. The van der Waals surface area contributed by atoms with Crippen LogP contribution in [-0.2, 0) is 4.79 Å². The van der Waals surface area contributed by atoms with E-state index >= 15 is 0 Å². The maximum atomic E-state index is 12.7. The number of aryl methyl sites for hydroxylation is 3. The zero-order valence-electron chi connectivity index (χ0n) is 21.8. The Hall–Kier alpha value is -3.00. The summed E-state index contributed by atoms with van der Waals surface area (Å²) >= 11 is 0. The van der Waals surface area contributed by atoms with Crippen molar-refractivity contribution in [3.8, 4) is 5.69 Å². The Labute approximate surface area is 208 Å². The Balaban J connectivity index is 1.43. The molecular weight excluding hydrogens is 438 g/mol. The lowest BCUT2D eigenvalue weighted by atomic mass is 9.95. The van der Waals surface area contributed by atoms with Crippen LogP contribution in [0, 0.1) is 26.7 Å². The van der Waals surface area contributed by atoms with Crippen molar-refractivity contribution >= 4 is 22.6 Å². The number of fused-ring (bicyclic) bond motifs is 1. The van der Waals surface area contributed by atoms with Crippen LogP contribution in [0.25, 0.3) is 16.6 Å². The van der Waals surface area contributed by atoms with E-state index in [2.05, 4.69) is 77.3 Å². The van der Waals surface area contributed by atoms with Crippen LogP contribution in [-0.4, -0.2) is 70.1 Å². The van der Waals surface area contributed by atoms with Crippen molar-refractivity contribution in [2.45, 2.75) is 53.9 Å². The Morgan fingerprint density at radius 2 is 1.74 bits per heavy atom. The number of carbonyl (C=O) groups is 1. The third kappa shape index (κ3) is 5.48. The number of hydrogen-bond acceptors (Lipinski definition) is 6. The van der Waals surface area contributed by atoms with Gasteiger partial charge in [0.05, 0.1) is 22.5 Å². The Bertz CT molecular complexity index is 1140. The van der Waals surface area contributed by atoms with Crippen molar-refractivity contribution in [3.05, 3.63) is 41.2 Å². The molecule has 4 rings (SSSR count). The van der Waals surface area contributed by atoms with Gasteiger partial charge in [0.15, 0.2) is 5.82 Å². The first kappa shape index (κ1) is 25.1. The summed E-state index contributed by atoms with van der Waals surface area (Å²) in [7, 11) is 0. The van der Waals surface area contributed by atoms with Gasteiger partial charge in [0, 0.05) is 25.6 Å². The van der Waals surface area contributed by atoms with Gasteiger partial charge < -0.3 is 15.1 Å². The van der Waals surface area contributed by atoms with Crippen LogP contribution in [0.2, 0.25) is 0 Å². The molecule has 188 valence electrons. The molecule has 1 aliphatic heterocycles. The number of benzene rings is 1. The van der Waals surface area contributed by atoms with Gasteiger partial charge in [0.2, 0.25) is 5.91 Å². The molecule has 0 unspecified atom stereocenters.